The summed E-state index contributed by atoms with van der Waals surface area (Å²) in [7, 11) is 7.09. The molecule has 1 aliphatic heterocycles. The zero-order valence-electron chi connectivity index (χ0n) is 15.1. The Hall–Kier alpha value is -1.05. The maximum atomic E-state index is 12.2. The molecular weight excluding hydrogens is 392 g/mol. The predicted molar refractivity (Wildman–Crippen MR) is 111 cm³/mol. The molecule has 1 fully saturated rings. The second-order valence-electron chi connectivity index (χ2n) is 6.22. The number of ether oxygens (including phenoxy) is 1. The van der Waals surface area contributed by atoms with E-state index in [4.69, 9.17) is 16.3 Å². The van der Waals surface area contributed by atoms with Crippen molar-refractivity contribution in [2.24, 2.45) is 0 Å². The largest absolute Gasteiger partial charge is 0.495 e. The highest BCUT2D eigenvalue weighted by molar-refractivity contribution is 8.77. The van der Waals surface area contributed by atoms with Crippen molar-refractivity contribution in [1.29, 1.82) is 0 Å². The number of carbonyl (C=O) groups excluding carboxylic acids is 2. The zero-order valence-corrected chi connectivity index (χ0v) is 17.5. The van der Waals surface area contributed by atoms with E-state index in [0.717, 1.165) is 18.1 Å². The maximum Gasteiger partial charge on any atom is 0.244 e. The minimum Gasteiger partial charge on any atom is -0.495 e. The molecule has 5 nitrogen and oxygen atoms in total. The molecule has 1 N–H and O–H groups in total. The molecule has 1 aromatic rings. The molecule has 0 aliphatic carbocycles. The van der Waals surface area contributed by atoms with Crippen molar-refractivity contribution in [2.75, 3.05) is 31.8 Å². The van der Waals surface area contributed by atoms with Crippen molar-refractivity contribution in [3.05, 3.63) is 23.2 Å². The molecule has 1 atom stereocenters. The van der Waals surface area contributed by atoms with Crippen molar-refractivity contribution >= 4 is 50.7 Å². The summed E-state index contributed by atoms with van der Waals surface area (Å²) in [5.41, 5.74) is 0.498. The van der Waals surface area contributed by atoms with Gasteiger partial charge in [-0.05, 0) is 37.5 Å². The van der Waals surface area contributed by atoms with Gasteiger partial charge in [0.05, 0.1) is 19.3 Å². The number of carbonyl (C=O) groups is 2. The van der Waals surface area contributed by atoms with E-state index in [9.17, 15) is 9.59 Å². The normalized spacial score (nSPS) is 16.3. The Morgan fingerprint density at radius 1 is 1.38 bits per heavy atom. The van der Waals surface area contributed by atoms with Crippen molar-refractivity contribution in [1.82, 2.24) is 4.90 Å². The van der Waals surface area contributed by atoms with Gasteiger partial charge in [0.25, 0.3) is 0 Å². The van der Waals surface area contributed by atoms with E-state index >= 15 is 0 Å². The van der Waals surface area contributed by atoms with Crippen LogP contribution in [0.3, 0.4) is 0 Å². The summed E-state index contributed by atoms with van der Waals surface area (Å²) in [4.78, 5) is 25.9. The van der Waals surface area contributed by atoms with Crippen LogP contribution >= 0.6 is 33.2 Å². The maximum absolute atomic E-state index is 12.2. The summed E-state index contributed by atoms with van der Waals surface area (Å²) < 4.78 is 5.20. The lowest BCUT2D eigenvalue weighted by Crippen LogP contribution is -2.34. The molecule has 1 heterocycles. The molecule has 0 spiro atoms. The number of amides is 2. The summed E-state index contributed by atoms with van der Waals surface area (Å²) in [5, 5.41) is 3.99. The second kappa shape index (κ2) is 10.9. The van der Waals surface area contributed by atoms with Gasteiger partial charge in [-0.2, -0.15) is 0 Å². The summed E-state index contributed by atoms with van der Waals surface area (Å²) in [6, 6.07) is 5.00. The molecule has 1 aliphatic rings. The topological polar surface area (TPSA) is 58.6 Å². The molecule has 8 heteroatoms. The zero-order chi connectivity index (χ0) is 18.9. The SMILES string of the molecule is COc1ccc(Cl)cc1NC(=O)CN(C)C(=O)CCCC[C@H]1CCSS1. The smallest absolute Gasteiger partial charge is 0.244 e. The lowest BCUT2D eigenvalue weighted by molar-refractivity contribution is -0.133. The second-order valence-corrected chi connectivity index (χ2v) is 9.44. The highest BCUT2D eigenvalue weighted by atomic mass is 35.5. The standard InChI is InChI=1S/C18H25ClN2O3S2/c1-21(18(23)6-4-3-5-14-9-10-25-26-14)12-17(22)20-15-11-13(19)7-8-16(15)24-2/h7-8,11,14H,3-6,9-10,12H2,1-2H3,(H,20,22)/t14-/m0/s1. The third-order valence-electron chi connectivity index (χ3n) is 4.14. The van der Waals surface area contributed by atoms with Gasteiger partial charge in [-0.1, -0.05) is 39.6 Å². The first kappa shape index (κ1) is 21.3. The number of likely N-dealkylation sites (N-methyl/N-ethyl adjacent to an activating group) is 1. The van der Waals surface area contributed by atoms with Gasteiger partial charge in [-0.3, -0.25) is 9.59 Å². The fourth-order valence-electron chi connectivity index (χ4n) is 2.67. The number of methoxy groups -OCH3 is 1. The van der Waals surface area contributed by atoms with Crippen molar-refractivity contribution < 1.29 is 14.3 Å². The quantitative estimate of drug-likeness (QED) is 0.475. The van der Waals surface area contributed by atoms with Crippen molar-refractivity contribution in [3.8, 4) is 5.75 Å². The molecule has 0 saturated carbocycles. The summed E-state index contributed by atoms with van der Waals surface area (Å²) >= 11 is 5.96. The Morgan fingerprint density at radius 3 is 2.88 bits per heavy atom. The molecule has 2 amide bonds. The number of nitrogens with one attached hydrogen (secondary N) is 1. The number of anilines is 1. The molecule has 144 valence electrons. The van der Waals surface area contributed by atoms with Gasteiger partial charge < -0.3 is 15.0 Å². The van der Waals surface area contributed by atoms with Crippen LogP contribution in [0.5, 0.6) is 5.75 Å². The van der Waals surface area contributed by atoms with Gasteiger partial charge >= 0.3 is 0 Å². The highest BCUT2D eigenvalue weighted by Crippen LogP contribution is 2.39. The Labute approximate surface area is 168 Å². The Morgan fingerprint density at radius 2 is 2.19 bits per heavy atom. The van der Waals surface area contributed by atoms with Crippen LogP contribution in [0.15, 0.2) is 18.2 Å². The lowest BCUT2D eigenvalue weighted by Gasteiger charge is -2.18. The fraction of sp³-hybridized carbons (Fsp3) is 0.556. The van der Waals surface area contributed by atoms with E-state index in [1.807, 2.05) is 21.6 Å². The van der Waals surface area contributed by atoms with Crippen LogP contribution in [-0.2, 0) is 9.59 Å². The van der Waals surface area contributed by atoms with Crippen LogP contribution < -0.4 is 10.1 Å². The molecule has 0 unspecified atom stereocenters. The van der Waals surface area contributed by atoms with Gasteiger partial charge in [0.15, 0.2) is 0 Å². The average molecular weight is 417 g/mol. The molecule has 26 heavy (non-hydrogen) atoms. The number of unbranched alkanes of at least 4 members (excludes halogenated alkanes) is 1. The molecular formula is C18H25ClN2O3S2. The monoisotopic (exact) mass is 416 g/mol. The van der Waals surface area contributed by atoms with E-state index in [0.29, 0.717) is 22.9 Å². The van der Waals surface area contributed by atoms with Crippen molar-refractivity contribution in [2.45, 2.75) is 37.4 Å². The van der Waals surface area contributed by atoms with Crippen LogP contribution in [0.4, 0.5) is 5.69 Å². The Balaban J connectivity index is 1.71. The van der Waals surface area contributed by atoms with Crippen LogP contribution in [0, 0.1) is 0 Å². The minimum atomic E-state index is -0.277. The molecule has 0 bridgehead atoms. The first-order valence-electron chi connectivity index (χ1n) is 8.65. The van der Waals surface area contributed by atoms with E-state index in [1.54, 1.807) is 25.2 Å². The van der Waals surface area contributed by atoms with Gasteiger partial charge in [-0.25, -0.2) is 0 Å². The van der Waals surface area contributed by atoms with E-state index in [-0.39, 0.29) is 18.4 Å². The first-order valence-corrected chi connectivity index (χ1v) is 11.4. The van der Waals surface area contributed by atoms with E-state index in [1.165, 1.54) is 30.6 Å². The molecule has 1 aromatic carbocycles. The van der Waals surface area contributed by atoms with Crippen LogP contribution in [-0.4, -0.2) is 48.4 Å². The summed E-state index contributed by atoms with van der Waals surface area (Å²) in [6.45, 7) is 0.00359. The third-order valence-corrected chi connectivity index (χ3v) is 7.38. The molecule has 0 aromatic heterocycles. The number of nitrogens with zero attached hydrogens (tertiary/aromatic N) is 1. The number of benzene rings is 1. The van der Waals surface area contributed by atoms with Gasteiger partial charge in [0, 0.05) is 29.5 Å². The Bertz CT molecular complexity index is 624. The number of halogens is 1. The third kappa shape index (κ3) is 6.93. The van der Waals surface area contributed by atoms with E-state index < -0.39 is 0 Å². The van der Waals surface area contributed by atoms with Crippen LogP contribution in [0.2, 0.25) is 5.02 Å². The number of rotatable bonds is 9. The van der Waals surface area contributed by atoms with E-state index in [2.05, 4.69) is 5.32 Å². The van der Waals surface area contributed by atoms with Gasteiger partial charge in [-0.15, -0.1) is 0 Å². The molecule has 0 radical (unpaired) electrons. The Kier molecular flexibility index (Phi) is 8.95. The first-order chi connectivity index (χ1) is 12.5. The minimum absolute atomic E-state index is 0.00359. The van der Waals surface area contributed by atoms with Crippen LogP contribution in [0.25, 0.3) is 0 Å². The summed E-state index contributed by atoms with van der Waals surface area (Å²) in [6.07, 6.45) is 4.85. The molecule has 2 rings (SSSR count). The van der Waals surface area contributed by atoms with Crippen molar-refractivity contribution in [3.63, 3.8) is 0 Å². The summed E-state index contributed by atoms with van der Waals surface area (Å²) in [5.74, 6) is 1.48. The van der Waals surface area contributed by atoms with Gasteiger partial charge in [0.2, 0.25) is 11.8 Å². The average Bonchev–Trinajstić information content (AvgIpc) is 3.12. The highest BCUT2D eigenvalue weighted by Gasteiger charge is 2.17. The predicted octanol–water partition coefficient (Wildman–Crippen LogP) is 4.46. The fourth-order valence-corrected chi connectivity index (χ4v) is 5.87. The van der Waals surface area contributed by atoms with Gasteiger partial charge in [0.1, 0.15) is 5.75 Å². The van der Waals surface area contributed by atoms with Crippen LogP contribution in [0.1, 0.15) is 32.1 Å². The number of hydrogen-bond acceptors (Lipinski definition) is 5. The molecule has 1 saturated heterocycles. The lowest BCUT2D eigenvalue weighted by atomic mass is 10.1. The number of hydrogen-bond donors (Lipinski definition) is 1.